The fourth-order valence-electron chi connectivity index (χ4n) is 2.18. The Morgan fingerprint density at radius 3 is 2.73 bits per heavy atom. The highest BCUT2D eigenvalue weighted by molar-refractivity contribution is 6.34. The molecule has 0 spiro atoms. The van der Waals surface area contributed by atoms with E-state index in [1.54, 1.807) is 28.9 Å². The van der Waals surface area contributed by atoms with Crippen LogP contribution in [0.3, 0.4) is 0 Å². The molecule has 0 fully saturated rings. The second-order valence-electron chi connectivity index (χ2n) is 4.55. The minimum atomic E-state index is 0.373. The Bertz CT molecular complexity index is 813. The SMILES string of the molecule is O=COc1c(NCc2cc(Cl)cc(Cl)c2)ccc2nccn12. The fourth-order valence-corrected chi connectivity index (χ4v) is 2.75. The maximum Gasteiger partial charge on any atom is 0.299 e. The molecule has 0 saturated carbocycles. The van der Waals surface area contributed by atoms with Gasteiger partial charge in [0.25, 0.3) is 6.47 Å². The molecule has 2 heterocycles. The second-order valence-corrected chi connectivity index (χ2v) is 5.43. The van der Waals surface area contributed by atoms with Crippen molar-refractivity contribution in [2.75, 3.05) is 5.32 Å². The number of anilines is 1. The summed E-state index contributed by atoms with van der Waals surface area (Å²) in [6, 6.07) is 8.93. The zero-order chi connectivity index (χ0) is 15.5. The zero-order valence-electron chi connectivity index (χ0n) is 11.3. The Kier molecular flexibility index (Phi) is 4.18. The second kappa shape index (κ2) is 6.25. The number of hydrogen-bond donors (Lipinski definition) is 1. The van der Waals surface area contributed by atoms with Crippen LogP contribution in [-0.4, -0.2) is 15.9 Å². The Morgan fingerprint density at radius 1 is 1.23 bits per heavy atom. The molecule has 0 radical (unpaired) electrons. The summed E-state index contributed by atoms with van der Waals surface area (Å²) in [6.45, 7) is 0.867. The van der Waals surface area contributed by atoms with Gasteiger partial charge in [0.1, 0.15) is 5.65 Å². The van der Waals surface area contributed by atoms with Crippen LogP contribution >= 0.6 is 23.2 Å². The molecule has 0 unspecified atom stereocenters. The molecular weight excluding hydrogens is 325 g/mol. The number of halogens is 2. The van der Waals surface area contributed by atoms with Gasteiger partial charge in [0.15, 0.2) is 0 Å². The smallest absolute Gasteiger partial charge is 0.299 e. The molecular formula is C15H11Cl2N3O2. The van der Waals surface area contributed by atoms with Gasteiger partial charge >= 0.3 is 0 Å². The maximum absolute atomic E-state index is 10.7. The highest BCUT2D eigenvalue weighted by atomic mass is 35.5. The van der Waals surface area contributed by atoms with Gasteiger partial charge in [-0.2, -0.15) is 0 Å². The van der Waals surface area contributed by atoms with Crippen molar-refractivity contribution in [3.63, 3.8) is 0 Å². The van der Waals surface area contributed by atoms with Gasteiger partial charge in [-0.3, -0.25) is 9.20 Å². The molecule has 7 heteroatoms. The zero-order valence-corrected chi connectivity index (χ0v) is 12.8. The fraction of sp³-hybridized carbons (Fsp3) is 0.0667. The first-order valence-corrected chi connectivity index (χ1v) is 7.18. The topological polar surface area (TPSA) is 55.6 Å². The van der Waals surface area contributed by atoms with Crippen LogP contribution in [0.1, 0.15) is 5.56 Å². The molecule has 0 atom stereocenters. The largest absolute Gasteiger partial charge is 0.409 e. The number of rotatable bonds is 5. The quantitative estimate of drug-likeness (QED) is 0.721. The van der Waals surface area contributed by atoms with E-state index in [0.717, 1.165) is 5.56 Å². The molecule has 2 aromatic heterocycles. The van der Waals surface area contributed by atoms with E-state index in [1.165, 1.54) is 0 Å². The third-order valence-electron chi connectivity index (χ3n) is 3.08. The number of nitrogens with zero attached hydrogens (tertiary/aromatic N) is 2. The summed E-state index contributed by atoms with van der Waals surface area (Å²) in [7, 11) is 0. The molecule has 1 aromatic carbocycles. The lowest BCUT2D eigenvalue weighted by Gasteiger charge is -2.12. The summed E-state index contributed by atoms with van der Waals surface area (Å²) in [5, 5.41) is 4.34. The van der Waals surface area contributed by atoms with Crippen molar-refractivity contribution in [2.45, 2.75) is 6.54 Å². The van der Waals surface area contributed by atoms with E-state index in [4.69, 9.17) is 27.9 Å². The van der Waals surface area contributed by atoms with Gasteiger partial charge in [-0.25, -0.2) is 4.98 Å². The summed E-state index contributed by atoms with van der Waals surface area (Å²) in [5.41, 5.74) is 2.27. The summed E-state index contributed by atoms with van der Waals surface area (Å²) in [5.74, 6) is 0.373. The van der Waals surface area contributed by atoms with Crippen LogP contribution < -0.4 is 10.1 Å². The molecule has 0 aliphatic rings. The third kappa shape index (κ3) is 3.00. The molecule has 0 amide bonds. The molecule has 0 aliphatic carbocycles. The molecule has 3 aromatic rings. The highest BCUT2D eigenvalue weighted by Crippen LogP contribution is 2.27. The molecule has 22 heavy (non-hydrogen) atoms. The van der Waals surface area contributed by atoms with E-state index in [1.807, 2.05) is 18.2 Å². The van der Waals surface area contributed by atoms with Crippen LogP contribution in [-0.2, 0) is 11.3 Å². The Labute approximate surface area is 136 Å². The maximum atomic E-state index is 10.7. The van der Waals surface area contributed by atoms with Gasteiger partial charge in [-0.1, -0.05) is 23.2 Å². The van der Waals surface area contributed by atoms with Crippen LogP contribution in [0, 0.1) is 0 Å². The number of fused-ring (bicyclic) bond motifs is 1. The minimum Gasteiger partial charge on any atom is -0.409 e. The summed E-state index contributed by atoms with van der Waals surface area (Å²) in [6.07, 6.45) is 3.35. The van der Waals surface area contributed by atoms with Crippen molar-refractivity contribution in [1.82, 2.24) is 9.38 Å². The Balaban J connectivity index is 1.89. The molecule has 0 aliphatic heterocycles. The van der Waals surface area contributed by atoms with Crippen molar-refractivity contribution in [2.24, 2.45) is 0 Å². The molecule has 0 bridgehead atoms. The Hall–Kier alpha value is -2.24. The van der Waals surface area contributed by atoms with E-state index in [9.17, 15) is 4.79 Å². The normalized spacial score (nSPS) is 10.6. The molecule has 1 N–H and O–H groups in total. The molecule has 112 valence electrons. The number of carbonyl (C=O) groups is 1. The predicted molar refractivity (Wildman–Crippen MR) is 85.7 cm³/mol. The average molecular weight is 336 g/mol. The van der Waals surface area contributed by atoms with Crippen molar-refractivity contribution in [3.05, 3.63) is 58.3 Å². The van der Waals surface area contributed by atoms with Gasteiger partial charge in [-0.05, 0) is 35.9 Å². The number of imidazole rings is 1. The number of pyridine rings is 1. The van der Waals surface area contributed by atoms with E-state index in [0.29, 0.717) is 40.3 Å². The lowest BCUT2D eigenvalue weighted by molar-refractivity contribution is -0.120. The van der Waals surface area contributed by atoms with Gasteiger partial charge in [-0.15, -0.1) is 0 Å². The lowest BCUT2D eigenvalue weighted by atomic mass is 10.2. The molecule has 5 nitrogen and oxygen atoms in total. The minimum absolute atomic E-state index is 0.373. The summed E-state index contributed by atoms with van der Waals surface area (Å²) in [4.78, 5) is 14.9. The van der Waals surface area contributed by atoms with Crippen molar-refractivity contribution >= 4 is 41.0 Å². The number of benzene rings is 1. The Morgan fingerprint density at radius 2 is 2.00 bits per heavy atom. The van der Waals surface area contributed by atoms with E-state index in [2.05, 4.69) is 10.3 Å². The van der Waals surface area contributed by atoms with Crippen LogP contribution in [0.2, 0.25) is 10.0 Å². The lowest BCUT2D eigenvalue weighted by Crippen LogP contribution is -2.05. The van der Waals surface area contributed by atoms with Gasteiger partial charge in [0.05, 0.1) is 5.69 Å². The number of hydrogen-bond acceptors (Lipinski definition) is 4. The first-order chi connectivity index (χ1) is 10.7. The monoisotopic (exact) mass is 335 g/mol. The first-order valence-electron chi connectivity index (χ1n) is 6.42. The van der Waals surface area contributed by atoms with Crippen LogP contribution in [0.25, 0.3) is 5.65 Å². The van der Waals surface area contributed by atoms with Crippen LogP contribution in [0.5, 0.6) is 5.88 Å². The predicted octanol–water partition coefficient (Wildman–Crippen LogP) is 3.79. The van der Waals surface area contributed by atoms with Crippen LogP contribution in [0.4, 0.5) is 5.69 Å². The van der Waals surface area contributed by atoms with Gasteiger partial charge < -0.3 is 10.1 Å². The number of aromatic nitrogens is 2. The van der Waals surface area contributed by atoms with Crippen molar-refractivity contribution in [1.29, 1.82) is 0 Å². The van der Waals surface area contributed by atoms with Crippen molar-refractivity contribution in [3.8, 4) is 5.88 Å². The summed E-state index contributed by atoms with van der Waals surface area (Å²) < 4.78 is 6.75. The van der Waals surface area contributed by atoms with Gasteiger partial charge in [0.2, 0.25) is 5.88 Å². The van der Waals surface area contributed by atoms with Gasteiger partial charge in [0, 0.05) is 29.0 Å². The van der Waals surface area contributed by atoms with Crippen LogP contribution in [0.15, 0.2) is 42.7 Å². The standard InChI is InChI=1S/C15H11Cl2N3O2/c16-11-5-10(6-12(17)7-11)8-19-13-1-2-14-18-3-4-20(14)15(13)22-9-21/h1-7,9,19H,8H2. The van der Waals surface area contributed by atoms with E-state index >= 15 is 0 Å². The van der Waals surface area contributed by atoms with Crippen molar-refractivity contribution < 1.29 is 9.53 Å². The summed E-state index contributed by atoms with van der Waals surface area (Å²) >= 11 is 12.0. The molecule has 3 rings (SSSR count). The van der Waals surface area contributed by atoms with E-state index < -0.39 is 0 Å². The number of carbonyl (C=O) groups excluding carboxylic acids is 1. The first kappa shape index (κ1) is 14.7. The highest BCUT2D eigenvalue weighted by Gasteiger charge is 2.09. The number of nitrogens with one attached hydrogen (secondary N) is 1. The van der Waals surface area contributed by atoms with E-state index in [-0.39, 0.29) is 0 Å². The average Bonchev–Trinajstić information content (AvgIpc) is 2.94. The third-order valence-corrected chi connectivity index (χ3v) is 3.52. The molecule has 0 saturated heterocycles. The number of ether oxygens (including phenoxy) is 1.